The van der Waals surface area contributed by atoms with Crippen molar-refractivity contribution < 1.29 is 14.6 Å². The standard InChI is InChI=1S/C22H28O3/c1-2-11-21(23)19(17-18-8-4-3-5-9-18)10-14-20(12-6-15-24-20)22(21)13-7-16-25-22/h2-5,8-9,17,23H,1,6-7,10-16H2/b19-17+/t20-,21-,22+/m1/s1. The molecule has 1 saturated carbocycles. The predicted octanol–water partition coefficient (Wildman–Crippen LogP) is 4.27. The smallest absolute Gasteiger partial charge is 0.130 e. The van der Waals surface area contributed by atoms with Crippen LogP contribution in [0, 0.1) is 0 Å². The number of fused-ring (bicyclic) bond motifs is 1. The van der Waals surface area contributed by atoms with Gasteiger partial charge in [0.1, 0.15) is 16.8 Å². The second kappa shape index (κ2) is 6.39. The van der Waals surface area contributed by atoms with E-state index < -0.39 is 11.2 Å². The number of benzene rings is 1. The lowest BCUT2D eigenvalue weighted by molar-refractivity contribution is -0.254. The lowest BCUT2D eigenvalue weighted by atomic mass is 9.57. The predicted molar refractivity (Wildman–Crippen MR) is 99.3 cm³/mol. The molecule has 0 radical (unpaired) electrons. The lowest BCUT2D eigenvalue weighted by Gasteiger charge is -2.58. The highest BCUT2D eigenvalue weighted by molar-refractivity contribution is 5.57. The molecule has 0 bridgehead atoms. The molecule has 2 heterocycles. The molecule has 25 heavy (non-hydrogen) atoms. The van der Waals surface area contributed by atoms with Gasteiger partial charge < -0.3 is 14.6 Å². The average Bonchev–Trinajstić information content (AvgIpc) is 3.29. The minimum atomic E-state index is -1.05. The highest BCUT2D eigenvalue weighted by atomic mass is 16.6. The van der Waals surface area contributed by atoms with Gasteiger partial charge in [0.05, 0.1) is 0 Å². The van der Waals surface area contributed by atoms with Gasteiger partial charge in [-0.2, -0.15) is 0 Å². The van der Waals surface area contributed by atoms with E-state index in [-0.39, 0.29) is 5.60 Å². The van der Waals surface area contributed by atoms with Crippen LogP contribution in [-0.2, 0) is 9.47 Å². The Hall–Kier alpha value is -1.42. The molecule has 4 rings (SSSR count). The van der Waals surface area contributed by atoms with E-state index in [0.717, 1.165) is 56.3 Å². The quantitative estimate of drug-likeness (QED) is 0.835. The van der Waals surface area contributed by atoms with E-state index >= 15 is 0 Å². The molecule has 3 nitrogen and oxygen atoms in total. The van der Waals surface area contributed by atoms with E-state index in [1.54, 1.807) is 0 Å². The van der Waals surface area contributed by atoms with Crippen molar-refractivity contribution in [2.75, 3.05) is 13.2 Å². The lowest BCUT2D eigenvalue weighted by Crippen LogP contribution is -2.70. The average molecular weight is 340 g/mol. The maximum Gasteiger partial charge on any atom is 0.130 e. The van der Waals surface area contributed by atoms with E-state index in [1.165, 1.54) is 0 Å². The number of rotatable bonds is 3. The van der Waals surface area contributed by atoms with Gasteiger partial charge in [-0.05, 0) is 49.7 Å². The normalized spacial score (nSPS) is 39.5. The third kappa shape index (κ3) is 2.44. The monoisotopic (exact) mass is 340 g/mol. The highest BCUT2D eigenvalue weighted by Crippen LogP contribution is 2.59. The molecule has 0 unspecified atom stereocenters. The van der Waals surface area contributed by atoms with Crippen molar-refractivity contribution in [3.8, 4) is 0 Å². The Kier molecular flexibility index (Phi) is 4.35. The Balaban J connectivity index is 1.83. The summed E-state index contributed by atoms with van der Waals surface area (Å²) in [5.41, 5.74) is 0.126. The van der Waals surface area contributed by atoms with Crippen molar-refractivity contribution in [1.29, 1.82) is 0 Å². The van der Waals surface area contributed by atoms with Gasteiger partial charge in [-0.15, -0.1) is 6.58 Å². The molecule has 2 saturated heterocycles. The van der Waals surface area contributed by atoms with Gasteiger partial charge in [0.25, 0.3) is 0 Å². The van der Waals surface area contributed by atoms with Gasteiger partial charge in [0.15, 0.2) is 0 Å². The van der Waals surface area contributed by atoms with E-state index in [9.17, 15) is 5.11 Å². The van der Waals surface area contributed by atoms with Crippen LogP contribution in [-0.4, -0.2) is 35.1 Å². The fourth-order valence-corrected chi connectivity index (χ4v) is 5.37. The summed E-state index contributed by atoms with van der Waals surface area (Å²) in [6.45, 7) is 5.40. The first-order chi connectivity index (χ1) is 12.2. The van der Waals surface area contributed by atoms with Crippen LogP contribution in [0.15, 0.2) is 48.6 Å². The molecule has 1 aliphatic carbocycles. The van der Waals surface area contributed by atoms with Crippen molar-refractivity contribution in [2.45, 2.75) is 61.7 Å². The van der Waals surface area contributed by atoms with Crippen LogP contribution < -0.4 is 0 Å². The fraction of sp³-hybridized carbons (Fsp3) is 0.545. The first-order valence-corrected chi connectivity index (χ1v) is 9.53. The molecule has 0 aromatic heterocycles. The first kappa shape index (κ1) is 17.0. The highest BCUT2D eigenvalue weighted by Gasteiger charge is 2.69. The molecular weight excluding hydrogens is 312 g/mol. The molecule has 1 aromatic carbocycles. The number of hydrogen-bond donors (Lipinski definition) is 1. The summed E-state index contributed by atoms with van der Waals surface area (Å²) in [4.78, 5) is 0. The Bertz CT molecular complexity index is 651. The molecule has 0 amide bonds. The van der Waals surface area contributed by atoms with Crippen molar-refractivity contribution in [1.82, 2.24) is 0 Å². The van der Waals surface area contributed by atoms with Crippen LogP contribution in [0.2, 0.25) is 0 Å². The summed E-state index contributed by atoms with van der Waals surface area (Å²) >= 11 is 0. The zero-order valence-corrected chi connectivity index (χ0v) is 14.9. The zero-order chi connectivity index (χ0) is 17.4. The van der Waals surface area contributed by atoms with Gasteiger partial charge in [0.2, 0.25) is 0 Å². The minimum Gasteiger partial charge on any atom is -0.382 e. The van der Waals surface area contributed by atoms with E-state index in [4.69, 9.17) is 9.47 Å². The SMILES string of the molecule is C=CC[C@@]1(O)/C(=C/c2ccccc2)CC[C@]2(CCCO2)[C@@]12CCCO2. The van der Waals surface area contributed by atoms with Crippen molar-refractivity contribution in [3.05, 3.63) is 54.1 Å². The summed E-state index contributed by atoms with van der Waals surface area (Å²) in [5.74, 6) is 0. The molecule has 3 fully saturated rings. The van der Waals surface area contributed by atoms with Crippen molar-refractivity contribution in [2.24, 2.45) is 0 Å². The van der Waals surface area contributed by atoms with Crippen LogP contribution >= 0.6 is 0 Å². The largest absolute Gasteiger partial charge is 0.382 e. The summed E-state index contributed by atoms with van der Waals surface area (Å²) in [6.07, 6.45) is 10.1. The molecule has 2 aliphatic heterocycles. The number of aliphatic hydroxyl groups is 1. The minimum absolute atomic E-state index is 0.352. The topological polar surface area (TPSA) is 38.7 Å². The van der Waals surface area contributed by atoms with Gasteiger partial charge >= 0.3 is 0 Å². The molecule has 3 aliphatic rings. The van der Waals surface area contributed by atoms with Crippen LogP contribution in [0.25, 0.3) is 6.08 Å². The van der Waals surface area contributed by atoms with E-state index in [2.05, 4.69) is 24.8 Å². The van der Waals surface area contributed by atoms with Crippen molar-refractivity contribution >= 4 is 6.08 Å². The van der Waals surface area contributed by atoms with E-state index in [0.29, 0.717) is 13.0 Å². The molecule has 3 heteroatoms. The molecule has 134 valence electrons. The first-order valence-electron chi connectivity index (χ1n) is 9.53. The van der Waals surface area contributed by atoms with E-state index in [1.807, 2.05) is 24.3 Å². The third-order valence-corrected chi connectivity index (χ3v) is 6.44. The second-order valence-corrected chi connectivity index (χ2v) is 7.66. The number of hydrogen-bond acceptors (Lipinski definition) is 3. The fourth-order valence-electron chi connectivity index (χ4n) is 5.37. The van der Waals surface area contributed by atoms with Gasteiger partial charge in [-0.1, -0.05) is 42.5 Å². The molecule has 1 aromatic rings. The van der Waals surface area contributed by atoms with Crippen LogP contribution in [0.5, 0.6) is 0 Å². The summed E-state index contributed by atoms with van der Waals surface area (Å²) in [7, 11) is 0. The Morgan fingerprint density at radius 3 is 2.44 bits per heavy atom. The van der Waals surface area contributed by atoms with Crippen LogP contribution in [0.3, 0.4) is 0 Å². The van der Waals surface area contributed by atoms with Gasteiger partial charge in [-0.3, -0.25) is 0 Å². The molecule has 3 atom stereocenters. The summed E-state index contributed by atoms with van der Waals surface area (Å²) < 4.78 is 12.7. The van der Waals surface area contributed by atoms with Gasteiger partial charge in [0, 0.05) is 19.6 Å². The maximum atomic E-state index is 12.0. The molecule has 1 N–H and O–H groups in total. The summed E-state index contributed by atoms with van der Waals surface area (Å²) in [5, 5.41) is 12.0. The third-order valence-electron chi connectivity index (χ3n) is 6.44. The maximum absolute atomic E-state index is 12.0. The Morgan fingerprint density at radius 2 is 1.80 bits per heavy atom. The van der Waals surface area contributed by atoms with Gasteiger partial charge in [-0.25, -0.2) is 0 Å². The Labute approximate surface area is 150 Å². The van der Waals surface area contributed by atoms with Crippen LogP contribution in [0.4, 0.5) is 0 Å². The zero-order valence-electron chi connectivity index (χ0n) is 14.9. The van der Waals surface area contributed by atoms with Crippen LogP contribution in [0.1, 0.15) is 50.5 Å². The summed E-state index contributed by atoms with van der Waals surface area (Å²) in [6, 6.07) is 10.2. The second-order valence-electron chi connectivity index (χ2n) is 7.66. The number of ether oxygens (including phenoxy) is 2. The Morgan fingerprint density at radius 1 is 1.04 bits per heavy atom. The molecular formula is C22H28O3. The van der Waals surface area contributed by atoms with Crippen molar-refractivity contribution in [3.63, 3.8) is 0 Å². The molecule has 2 spiro atoms.